The molecule has 3 rings (SSSR count). The Morgan fingerprint density at radius 3 is 1.96 bits per heavy atom. The summed E-state index contributed by atoms with van der Waals surface area (Å²) >= 11 is 0. The van der Waals surface area contributed by atoms with Gasteiger partial charge in [0.25, 0.3) is 11.8 Å². The maximum atomic E-state index is 12.5. The maximum Gasteiger partial charge on any atom is 0.266 e. The number of carbonyl (C=O) groups is 2. The van der Waals surface area contributed by atoms with Gasteiger partial charge in [-0.25, -0.2) is 4.90 Å². The number of rotatable bonds is 1. The van der Waals surface area contributed by atoms with E-state index in [2.05, 4.69) is 0 Å². The van der Waals surface area contributed by atoms with Crippen LogP contribution < -0.4 is 4.90 Å². The second-order valence-electron chi connectivity index (χ2n) is 4.79. The summed E-state index contributed by atoms with van der Waals surface area (Å²) < 4.78 is 0. The molecule has 2 amide bonds. The van der Waals surface area contributed by atoms with Gasteiger partial charge >= 0.3 is 0 Å². The third kappa shape index (κ3) is 1.96. The number of anilines is 1. The zero-order valence-corrected chi connectivity index (χ0v) is 11.4. The van der Waals surface area contributed by atoms with Crippen molar-refractivity contribution >= 4 is 17.5 Å². The second-order valence-corrected chi connectivity index (χ2v) is 4.79. The Hall–Kier alpha value is -3.84. The van der Waals surface area contributed by atoms with Crippen molar-refractivity contribution in [2.45, 2.75) is 0 Å². The van der Waals surface area contributed by atoms with Crippen molar-refractivity contribution in [1.29, 1.82) is 10.5 Å². The topological polar surface area (TPSA) is 125 Å². The van der Waals surface area contributed by atoms with Crippen LogP contribution in [-0.4, -0.2) is 22.0 Å². The number of phenolic OH excluding ortho intramolecular Hbond substituents is 2. The first-order chi connectivity index (χ1) is 11.0. The van der Waals surface area contributed by atoms with E-state index < -0.39 is 11.8 Å². The van der Waals surface area contributed by atoms with Crippen molar-refractivity contribution in [2.75, 3.05) is 4.90 Å². The minimum atomic E-state index is -0.750. The van der Waals surface area contributed by atoms with Crippen LogP contribution in [0.2, 0.25) is 0 Å². The SMILES string of the molecule is N#Cc1cc(O)cc(C#N)c1N1C(=O)c2ccc(O)cc2C1=O. The van der Waals surface area contributed by atoms with E-state index in [0.29, 0.717) is 4.90 Å². The van der Waals surface area contributed by atoms with E-state index in [1.54, 1.807) is 12.1 Å². The normalized spacial score (nSPS) is 12.7. The van der Waals surface area contributed by atoms with Crippen LogP contribution in [0.15, 0.2) is 30.3 Å². The van der Waals surface area contributed by atoms with E-state index in [1.807, 2.05) is 0 Å². The van der Waals surface area contributed by atoms with Crippen molar-refractivity contribution in [2.24, 2.45) is 0 Å². The van der Waals surface area contributed by atoms with Gasteiger partial charge < -0.3 is 10.2 Å². The molecule has 0 fully saturated rings. The summed E-state index contributed by atoms with van der Waals surface area (Å²) in [7, 11) is 0. The lowest BCUT2D eigenvalue weighted by atomic mass is 10.1. The summed E-state index contributed by atoms with van der Waals surface area (Å²) in [6.07, 6.45) is 0. The largest absolute Gasteiger partial charge is 0.508 e. The molecule has 0 spiro atoms. The number of imide groups is 1. The first kappa shape index (κ1) is 14.1. The predicted molar refractivity (Wildman–Crippen MR) is 76.8 cm³/mol. The monoisotopic (exact) mass is 305 g/mol. The lowest BCUT2D eigenvalue weighted by Crippen LogP contribution is -2.31. The first-order valence-electron chi connectivity index (χ1n) is 6.37. The van der Waals surface area contributed by atoms with Crippen molar-refractivity contribution < 1.29 is 19.8 Å². The van der Waals surface area contributed by atoms with Crippen LogP contribution in [0.1, 0.15) is 31.8 Å². The second kappa shape index (κ2) is 4.86. The van der Waals surface area contributed by atoms with Crippen LogP contribution in [0.3, 0.4) is 0 Å². The van der Waals surface area contributed by atoms with Crippen molar-refractivity contribution in [3.05, 3.63) is 52.6 Å². The Morgan fingerprint density at radius 2 is 1.39 bits per heavy atom. The van der Waals surface area contributed by atoms with Crippen LogP contribution in [0.4, 0.5) is 5.69 Å². The highest BCUT2D eigenvalue weighted by atomic mass is 16.3. The molecular formula is C16H7N3O4. The van der Waals surface area contributed by atoms with Gasteiger partial charge in [0.1, 0.15) is 23.6 Å². The average Bonchev–Trinajstić information content (AvgIpc) is 2.77. The quantitative estimate of drug-likeness (QED) is 0.771. The van der Waals surface area contributed by atoms with E-state index in [1.165, 1.54) is 12.1 Å². The molecule has 23 heavy (non-hydrogen) atoms. The Balaban J connectivity index is 2.27. The highest BCUT2D eigenvalue weighted by Crippen LogP contribution is 2.36. The molecule has 7 nitrogen and oxygen atoms in total. The third-order valence-corrected chi connectivity index (χ3v) is 3.43. The molecule has 1 heterocycles. The zero-order valence-electron chi connectivity index (χ0n) is 11.4. The smallest absolute Gasteiger partial charge is 0.266 e. The molecular weight excluding hydrogens is 298 g/mol. The Labute approximate surface area is 129 Å². The van der Waals surface area contributed by atoms with Gasteiger partial charge in [-0.2, -0.15) is 10.5 Å². The predicted octanol–water partition coefficient (Wildman–Crippen LogP) is 1.64. The molecule has 1 aliphatic rings. The number of nitriles is 2. The number of amides is 2. The third-order valence-electron chi connectivity index (χ3n) is 3.43. The molecule has 2 aromatic rings. The van der Waals surface area contributed by atoms with Gasteiger partial charge in [-0.3, -0.25) is 9.59 Å². The number of phenols is 2. The highest BCUT2D eigenvalue weighted by molar-refractivity contribution is 6.35. The molecule has 7 heteroatoms. The van der Waals surface area contributed by atoms with E-state index in [4.69, 9.17) is 0 Å². The summed E-state index contributed by atoms with van der Waals surface area (Å²) in [6, 6.07) is 9.36. The molecule has 110 valence electrons. The number of hydrogen-bond acceptors (Lipinski definition) is 6. The fourth-order valence-corrected chi connectivity index (χ4v) is 2.46. The molecule has 0 saturated carbocycles. The standard InChI is InChI=1S/C16H7N3O4/c17-6-8-3-11(21)4-9(7-18)14(8)19-15(22)12-2-1-10(20)5-13(12)16(19)23/h1-5,20-21H. The summed E-state index contributed by atoms with van der Waals surface area (Å²) in [5.41, 5.74) is -0.497. The summed E-state index contributed by atoms with van der Waals surface area (Å²) in [6.45, 7) is 0. The van der Waals surface area contributed by atoms with Gasteiger partial charge in [0.2, 0.25) is 0 Å². The molecule has 0 radical (unpaired) electrons. The number of hydrogen-bond donors (Lipinski definition) is 2. The number of carbonyl (C=O) groups excluding carboxylic acids is 2. The molecule has 0 unspecified atom stereocenters. The first-order valence-corrected chi connectivity index (χ1v) is 6.37. The molecule has 0 aromatic heterocycles. The molecule has 0 atom stereocenters. The average molecular weight is 305 g/mol. The fourth-order valence-electron chi connectivity index (χ4n) is 2.46. The van der Waals surface area contributed by atoms with Crippen LogP contribution >= 0.6 is 0 Å². The van der Waals surface area contributed by atoms with Gasteiger partial charge in [-0.1, -0.05) is 0 Å². The van der Waals surface area contributed by atoms with Gasteiger partial charge in [0.05, 0.1) is 27.9 Å². The number of fused-ring (bicyclic) bond motifs is 1. The molecule has 1 aliphatic heterocycles. The number of aromatic hydroxyl groups is 2. The maximum absolute atomic E-state index is 12.5. The molecule has 2 N–H and O–H groups in total. The number of benzene rings is 2. The zero-order chi connectivity index (χ0) is 16.7. The molecule has 0 saturated heterocycles. The van der Waals surface area contributed by atoms with Crippen LogP contribution in [-0.2, 0) is 0 Å². The van der Waals surface area contributed by atoms with Crippen molar-refractivity contribution in [3.8, 4) is 23.6 Å². The van der Waals surface area contributed by atoms with E-state index in [9.17, 15) is 30.3 Å². The van der Waals surface area contributed by atoms with Crippen molar-refractivity contribution in [3.63, 3.8) is 0 Å². The van der Waals surface area contributed by atoms with Gasteiger partial charge in [0.15, 0.2) is 0 Å². The van der Waals surface area contributed by atoms with Gasteiger partial charge in [-0.15, -0.1) is 0 Å². The Morgan fingerprint density at radius 1 is 0.826 bits per heavy atom. The van der Waals surface area contributed by atoms with E-state index in [0.717, 1.165) is 18.2 Å². The van der Waals surface area contributed by atoms with Crippen molar-refractivity contribution in [1.82, 2.24) is 0 Å². The molecule has 0 aliphatic carbocycles. The minimum absolute atomic E-state index is 0.0177. The summed E-state index contributed by atoms with van der Waals surface area (Å²) in [5.74, 6) is -1.96. The van der Waals surface area contributed by atoms with E-state index in [-0.39, 0.29) is 39.4 Å². The lowest BCUT2D eigenvalue weighted by molar-refractivity contribution is 0.0925. The van der Waals surface area contributed by atoms with Crippen LogP contribution in [0.25, 0.3) is 0 Å². The van der Waals surface area contributed by atoms with Crippen LogP contribution in [0, 0.1) is 22.7 Å². The van der Waals surface area contributed by atoms with Gasteiger partial charge in [-0.05, 0) is 30.3 Å². The molecule has 2 aromatic carbocycles. The molecule has 0 bridgehead atoms. The summed E-state index contributed by atoms with van der Waals surface area (Å²) in [5, 5.41) is 37.4. The highest BCUT2D eigenvalue weighted by Gasteiger charge is 2.39. The van der Waals surface area contributed by atoms with Crippen LogP contribution in [0.5, 0.6) is 11.5 Å². The van der Waals surface area contributed by atoms with Gasteiger partial charge in [0, 0.05) is 0 Å². The number of nitrogens with zero attached hydrogens (tertiary/aromatic N) is 3. The van der Waals surface area contributed by atoms with E-state index >= 15 is 0 Å². The minimum Gasteiger partial charge on any atom is -0.508 e. The summed E-state index contributed by atoms with van der Waals surface area (Å²) in [4.78, 5) is 25.7. The lowest BCUT2D eigenvalue weighted by Gasteiger charge is -2.17. The Bertz CT molecular complexity index is 931. The fraction of sp³-hybridized carbons (Fsp3) is 0. The Kier molecular flexibility index (Phi) is 2.98.